The number of carbonyl (C=O) groups excluding carboxylic acids is 1. The quantitative estimate of drug-likeness (QED) is 0.944. The van der Waals surface area contributed by atoms with Gasteiger partial charge in [0.1, 0.15) is 11.9 Å². The molecule has 1 aliphatic rings. The zero-order chi connectivity index (χ0) is 16.1. The van der Waals surface area contributed by atoms with Crippen LogP contribution in [-0.2, 0) is 0 Å². The van der Waals surface area contributed by atoms with Gasteiger partial charge >= 0.3 is 6.03 Å². The fourth-order valence-corrected chi connectivity index (χ4v) is 2.74. The number of amides is 2. The second-order valence-electron chi connectivity index (χ2n) is 5.76. The SMILES string of the molecule is Cc1ccccc1NC(=O)N1CCCC(Oc2ccncc2)C1. The average molecular weight is 311 g/mol. The van der Waals surface area contributed by atoms with E-state index < -0.39 is 0 Å². The minimum atomic E-state index is -0.0673. The molecule has 23 heavy (non-hydrogen) atoms. The van der Waals surface area contributed by atoms with Crippen molar-refractivity contribution < 1.29 is 9.53 Å². The van der Waals surface area contributed by atoms with Crippen LogP contribution in [0.4, 0.5) is 10.5 Å². The fraction of sp³-hybridized carbons (Fsp3) is 0.333. The van der Waals surface area contributed by atoms with Crippen LogP contribution in [0.2, 0.25) is 0 Å². The molecule has 5 nitrogen and oxygen atoms in total. The van der Waals surface area contributed by atoms with Gasteiger partial charge in [0.05, 0.1) is 6.54 Å². The number of likely N-dealkylation sites (tertiary alicyclic amines) is 1. The van der Waals surface area contributed by atoms with Crippen molar-refractivity contribution in [3.63, 3.8) is 0 Å². The molecule has 3 rings (SSSR count). The van der Waals surface area contributed by atoms with Gasteiger partial charge in [-0.3, -0.25) is 4.98 Å². The first kappa shape index (κ1) is 15.3. The first-order valence-electron chi connectivity index (χ1n) is 7.90. The molecule has 2 aromatic rings. The smallest absolute Gasteiger partial charge is 0.321 e. The molecule has 1 aromatic carbocycles. The van der Waals surface area contributed by atoms with E-state index in [2.05, 4.69) is 10.3 Å². The summed E-state index contributed by atoms with van der Waals surface area (Å²) in [6.07, 6.45) is 5.34. The van der Waals surface area contributed by atoms with Gasteiger partial charge in [-0.1, -0.05) is 18.2 Å². The highest BCUT2D eigenvalue weighted by atomic mass is 16.5. The number of pyridine rings is 1. The van der Waals surface area contributed by atoms with E-state index in [1.807, 2.05) is 48.2 Å². The van der Waals surface area contributed by atoms with Gasteiger partial charge < -0.3 is 15.0 Å². The van der Waals surface area contributed by atoms with Crippen LogP contribution in [0, 0.1) is 6.92 Å². The zero-order valence-corrected chi connectivity index (χ0v) is 13.2. The van der Waals surface area contributed by atoms with Crippen molar-refractivity contribution in [3.8, 4) is 5.75 Å². The second-order valence-corrected chi connectivity index (χ2v) is 5.76. The number of rotatable bonds is 3. The normalized spacial score (nSPS) is 17.6. The van der Waals surface area contributed by atoms with Gasteiger partial charge in [-0.05, 0) is 43.5 Å². The highest BCUT2D eigenvalue weighted by Crippen LogP contribution is 2.19. The van der Waals surface area contributed by atoms with E-state index in [9.17, 15) is 4.79 Å². The van der Waals surface area contributed by atoms with Crippen molar-refractivity contribution in [2.45, 2.75) is 25.9 Å². The predicted octanol–water partition coefficient (Wildman–Crippen LogP) is 3.47. The van der Waals surface area contributed by atoms with Gasteiger partial charge in [0, 0.05) is 24.6 Å². The number of piperidine rings is 1. The van der Waals surface area contributed by atoms with Crippen LogP contribution in [0.3, 0.4) is 0 Å². The molecule has 1 saturated heterocycles. The van der Waals surface area contributed by atoms with E-state index in [4.69, 9.17) is 4.74 Å². The van der Waals surface area contributed by atoms with Crippen LogP contribution in [0.25, 0.3) is 0 Å². The largest absolute Gasteiger partial charge is 0.488 e. The highest BCUT2D eigenvalue weighted by molar-refractivity contribution is 5.90. The lowest BCUT2D eigenvalue weighted by molar-refractivity contribution is 0.106. The lowest BCUT2D eigenvalue weighted by Crippen LogP contribution is -2.46. The fourth-order valence-electron chi connectivity index (χ4n) is 2.74. The molecule has 1 aromatic heterocycles. The van der Waals surface area contributed by atoms with Crippen LogP contribution in [-0.4, -0.2) is 35.1 Å². The van der Waals surface area contributed by atoms with Gasteiger partial charge in [0.2, 0.25) is 0 Å². The van der Waals surface area contributed by atoms with Gasteiger partial charge in [0.15, 0.2) is 0 Å². The Labute approximate surface area is 136 Å². The summed E-state index contributed by atoms with van der Waals surface area (Å²) in [6.45, 7) is 3.34. The summed E-state index contributed by atoms with van der Waals surface area (Å²) in [7, 11) is 0. The number of hydrogen-bond acceptors (Lipinski definition) is 3. The Hall–Kier alpha value is -2.56. The van der Waals surface area contributed by atoms with Crippen LogP contribution >= 0.6 is 0 Å². The van der Waals surface area contributed by atoms with Crippen molar-refractivity contribution in [1.29, 1.82) is 0 Å². The Balaban J connectivity index is 1.59. The molecule has 120 valence electrons. The molecular weight excluding hydrogens is 290 g/mol. The molecule has 0 aliphatic carbocycles. The van der Waals surface area contributed by atoms with Crippen LogP contribution in [0.1, 0.15) is 18.4 Å². The van der Waals surface area contributed by atoms with Crippen LogP contribution in [0.5, 0.6) is 5.75 Å². The number of ether oxygens (including phenoxy) is 1. The number of carbonyl (C=O) groups is 1. The lowest BCUT2D eigenvalue weighted by Gasteiger charge is -2.33. The number of hydrogen-bond donors (Lipinski definition) is 1. The summed E-state index contributed by atoms with van der Waals surface area (Å²) in [4.78, 5) is 18.3. The maximum atomic E-state index is 12.5. The van der Waals surface area contributed by atoms with E-state index in [0.29, 0.717) is 6.54 Å². The molecule has 0 bridgehead atoms. The monoisotopic (exact) mass is 311 g/mol. The van der Waals surface area contributed by atoms with Crippen molar-refractivity contribution in [2.24, 2.45) is 0 Å². The number of aromatic nitrogens is 1. The predicted molar refractivity (Wildman–Crippen MR) is 89.7 cm³/mol. The number of para-hydroxylation sites is 1. The maximum absolute atomic E-state index is 12.5. The van der Waals surface area contributed by atoms with E-state index in [0.717, 1.165) is 36.4 Å². The van der Waals surface area contributed by atoms with E-state index in [-0.39, 0.29) is 12.1 Å². The summed E-state index contributed by atoms with van der Waals surface area (Å²) in [5.74, 6) is 0.797. The third-order valence-electron chi connectivity index (χ3n) is 4.00. The molecule has 1 unspecified atom stereocenters. The zero-order valence-electron chi connectivity index (χ0n) is 13.2. The van der Waals surface area contributed by atoms with Crippen LogP contribution < -0.4 is 10.1 Å². The minimum absolute atomic E-state index is 0.0220. The molecule has 1 fully saturated rings. The van der Waals surface area contributed by atoms with Gasteiger partial charge in [-0.2, -0.15) is 0 Å². The number of benzene rings is 1. The number of urea groups is 1. The second kappa shape index (κ2) is 7.13. The average Bonchev–Trinajstić information content (AvgIpc) is 2.58. The number of anilines is 1. The molecule has 0 spiro atoms. The number of aryl methyl sites for hydroxylation is 1. The molecular formula is C18H21N3O2. The Morgan fingerprint density at radius 1 is 1.26 bits per heavy atom. The summed E-state index contributed by atoms with van der Waals surface area (Å²) >= 11 is 0. The number of nitrogens with one attached hydrogen (secondary N) is 1. The van der Waals surface area contributed by atoms with E-state index in [1.54, 1.807) is 12.4 Å². The van der Waals surface area contributed by atoms with Crippen molar-refractivity contribution >= 4 is 11.7 Å². The van der Waals surface area contributed by atoms with Crippen LogP contribution in [0.15, 0.2) is 48.8 Å². The molecule has 2 heterocycles. The Kier molecular flexibility index (Phi) is 4.76. The molecule has 1 N–H and O–H groups in total. The first-order chi connectivity index (χ1) is 11.2. The molecule has 2 amide bonds. The van der Waals surface area contributed by atoms with Crippen molar-refractivity contribution in [1.82, 2.24) is 9.88 Å². The Bertz CT molecular complexity index is 660. The maximum Gasteiger partial charge on any atom is 0.321 e. The van der Waals surface area contributed by atoms with Crippen molar-refractivity contribution in [3.05, 3.63) is 54.4 Å². The summed E-state index contributed by atoms with van der Waals surface area (Å²) in [5, 5.41) is 2.99. The molecule has 1 aliphatic heterocycles. The van der Waals surface area contributed by atoms with E-state index >= 15 is 0 Å². The molecule has 1 atom stereocenters. The Morgan fingerprint density at radius 2 is 2.04 bits per heavy atom. The summed E-state index contributed by atoms with van der Waals surface area (Å²) < 4.78 is 5.95. The summed E-state index contributed by atoms with van der Waals surface area (Å²) in [5.41, 5.74) is 1.91. The van der Waals surface area contributed by atoms with E-state index in [1.165, 1.54) is 0 Å². The third-order valence-corrected chi connectivity index (χ3v) is 4.00. The van der Waals surface area contributed by atoms with Gasteiger partial charge in [0.25, 0.3) is 0 Å². The first-order valence-corrected chi connectivity index (χ1v) is 7.90. The Morgan fingerprint density at radius 3 is 2.83 bits per heavy atom. The lowest BCUT2D eigenvalue weighted by atomic mass is 10.1. The van der Waals surface area contributed by atoms with Gasteiger partial charge in [-0.15, -0.1) is 0 Å². The van der Waals surface area contributed by atoms with Gasteiger partial charge in [-0.25, -0.2) is 4.79 Å². The molecule has 0 radical (unpaired) electrons. The minimum Gasteiger partial charge on any atom is -0.488 e. The summed E-state index contributed by atoms with van der Waals surface area (Å²) in [6, 6.07) is 11.4. The molecule has 0 saturated carbocycles. The van der Waals surface area contributed by atoms with Crippen molar-refractivity contribution in [2.75, 3.05) is 18.4 Å². The highest BCUT2D eigenvalue weighted by Gasteiger charge is 2.25. The standard InChI is InChI=1S/C18H21N3O2/c1-14-5-2-3-7-17(14)20-18(22)21-12-4-6-16(13-21)23-15-8-10-19-11-9-15/h2-3,5,7-11,16H,4,6,12-13H2,1H3,(H,20,22). The number of nitrogens with zero attached hydrogens (tertiary/aromatic N) is 2. The topological polar surface area (TPSA) is 54.5 Å². The molecule has 5 heteroatoms. The third kappa shape index (κ3) is 4.00.